The fourth-order valence-electron chi connectivity index (χ4n) is 2.42. The molecular formula is C18H21N3O. The van der Waals surface area contributed by atoms with Gasteiger partial charge in [-0.25, -0.2) is 4.98 Å². The molecule has 3 rings (SSSR count). The van der Waals surface area contributed by atoms with Gasteiger partial charge >= 0.3 is 0 Å². The number of imidazole rings is 1. The number of hydrogen-bond acceptors (Lipinski definition) is 3. The summed E-state index contributed by atoms with van der Waals surface area (Å²) in [5, 5.41) is 0. The number of hydrogen-bond donors (Lipinski definition) is 0. The maximum Gasteiger partial charge on any atom is 0.199 e. The van der Waals surface area contributed by atoms with Crippen LogP contribution in [0.15, 0.2) is 54.7 Å². The Morgan fingerprint density at radius 2 is 1.86 bits per heavy atom. The van der Waals surface area contributed by atoms with Gasteiger partial charge in [-0.1, -0.05) is 36.4 Å². The molecule has 4 nitrogen and oxygen atoms in total. The zero-order valence-corrected chi connectivity index (χ0v) is 13.1. The molecule has 0 aliphatic carbocycles. The van der Waals surface area contributed by atoms with Gasteiger partial charge in [0.1, 0.15) is 12.3 Å². The molecule has 0 bridgehead atoms. The Hall–Kier alpha value is -2.33. The van der Waals surface area contributed by atoms with Crippen LogP contribution in [0.2, 0.25) is 0 Å². The predicted molar refractivity (Wildman–Crippen MR) is 88.2 cm³/mol. The first-order valence-electron chi connectivity index (χ1n) is 7.51. The van der Waals surface area contributed by atoms with Gasteiger partial charge in [-0.05, 0) is 31.8 Å². The predicted octanol–water partition coefficient (Wildman–Crippen LogP) is 3.02. The maximum absolute atomic E-state index is 6.02. The summed E-state index contributed by atoms with van der Waals surface area (Å²) >= 11 is 0. The molecule has 0 unspecified atom stereocenters. The minimum atomic E-state index is 0.561. The van der Waals surface area contributed by atoms with E-state index < -0.39 is 0 Å². The lowest BCUT2D eigenvalue weighted by molar-refractivity contribution is 0.288. The molecule has 0 fully saturated rings. The molecule has 0 aliphatic rings. The summed E-state index contributed by atoms with van der Waals surface area (Å²) in [6.45, 7) is 1.55. The molecule has 0 amide bonds. The fraction of sp³-hybridized carbons (Fsp3) is 0.278. The van der Waals surface area contributed by atoms with E-state index in [-0.39, 0.29) is 0 Å². The molecule has 0 atom stereocenters. The second-order valence-corrected chi connectivity index (χ2v) is 5.63. The van der Waals surface area contributed by atoms with Gasteiger partial charge in [-0.15, -0.1) is 0 Å². The Labute approximate surface area is 131 Å². The summed E-state index contributed by atoms with van der Waals surface area (Å²) in [6.07, 6.45) is 2.88. The van der Waals surface area contributed by atoms with Crippen LogP contribution in [0.4, 0.5) is 0 Å². The van der Waals surface area contributed by atoms with E-state index in [9.17, 15) is 0 Å². The molecular weight excluding hydrogens is 274 g/mol. The quantitative estimate of drug-likeness (QED) is 0.700. The van der Waals surface area contributed by atoms with E-state index in [1.54, 1.807) is 0 Å². The smallest absolute Gasteiger partial charge is 0.199 e. The van der Waals surface area contributed by atoms with Crippen molar-refractivity contribution in [2.45, 2.75) is 13.0 Å². The molecule has 1 aromatic carbocycles. The summed E-state index contributed by atoms with van der Waals surface area (Å²) in [7, 11) is 4.16. The first kappa shape index (κ1) is 14.6. The molecule has 0 radical (unpaired) electrons. The molecule has 114 valence electrons. The van der Waals surface area contributed by atoms with E-state index in [2.05, 4.69) is 40.5 Å². The monoisotopic (exact) mass is 295 g/mol. The first-order chi connectivity index (χ1) is 10.7. The third-order valence-corrected chi connectivity index (χ3v) is 3.61. The first-order valence-corrected chi connectivity index (χ1v) is 7.51. The van der Waals surface area contributed by atoms with Gasteiger partial charge in [0.05, 0.1) is 0 Å². The van der Waals surface area contributed by atoms with Gasteiger partial charge in [0.25, 0.3) is 0 Å². The maximum atomic E-state index is 6.02. The molecule has 0 spiro atoms. The molecule has 22 heavy (non-hydrogen) atoms. The van der Waals surface area contributed by atoms with Crippen molar-refractivity contribution in [3.05, 3.63) is 66.0 Å². The summed E-state index contributed by atoms with van der Waals surface area (Å²) < 4.78 is 8.12. The lowest BCUT2D eigenvalue weighted by atomic mass is 10.2. The SMILES string of the molecule is CN(C)CCc1cnc2cccc(OCc3ccccc3)n12. The normalized spacial score (nSPS) is 11.2. The van der Waals surface area contributed by atoms with Crippen LogP contribution in [0.3, 0.4) is 0 Å². The van der Waals surface area contributed by atoms with E-state index in [1.807, 2.05) is 42.6 Å². The summed E-state index contributed by atoms with van der Waals surface area (Å²) in [6, 6.07) is 16.2. The van der Waals surface area contributed by atoms with Gasteiger partial charge < -0.3 is 9.64 Å². The van der Waals surface area contributed by atoms with Crippen molar-refractivity contribution in [2.75, 3.05) is 20.6 Å². The minimum absolute atomic E-state index is 0.561. The van der Waals surface area contributed by atoms with Crippen molar-refractivity contribution in [2.24, 2.45) is 0 Å². The lowest BCUT2D eigenvalue weighted by Crippen LogP contribution is -2.16. The number of ether oxygens (including phenoxy) is 1. The van der Waals surface area contributed by atoms with Gasteiger partial charge in [-0.3, -0.25) is 4.40 Å². The topological polar surface area (TPSA) is 29.8 Å². The number of benzene rings is 1. The Balaban J connectivity index is 1.83. The zero-order valence-electron chi connectivity index (χ0n) is 13.1. The highest BCUT2D eigenvalue weighted by Gasteiger charge is 2.09. The lowest BCUT2D eigenvalue weighted by Gasteiger charge is -2.12. The van der Waals surface area contributed by atoms with Crippen LogP contribution in [0.1, 0.15) is 11.3 Å². The third-order valence-electron chi connectivity index (χ3n) is 3.61. The van der Waals surface area contributed by atoms with Crippen LogP contribution in [0.5, 0.6) is 5.88 Å². The number of likely N-dealkylation sites (N-methyl/N-ethyl adjacent to an activating group) is 1. The summed E-state index contributed by atoms with van der Waals surface area (Å²) in [5.41, 5.74) is 3.26. The number of fused-ring (bicyclic) bond motifs is 1. The van der Waals surface area contributed by atoms with Crippen LogP contribution in [-0.2, 0) is 13.0 Å². The molecule has 0 saturated carbocycles. The van der Waals surface area contributed by atoms with E-state index in [0.717, 1.165) is 30.1 Å². The average molecular weight is 295 g/mol. The Kier molecular flexibility index (Phi) is 4.39. The Morgan fingerprint density at radius 3 is 2.64 bits per heavy atom. The molecule has 2 aromatic heterocycles. The van der Waals surface area contributed by atoms with Crippen molar-refractivity contribution >= 4 is 5.65 Å². The van der Waals surface area contributed by atoms with E-state index in [4.69, 9.17) is 4.74 Å². The second kappa shape index (κ2) is 6.62. The molecule has 0 aliphatic heterocycles. The highest BCUT2D eigenvalue weighted by Crippen LogP contribution is 2.19. The van der Waals surface area contributed by atoms with Gasteiger partial charge in [0.2, 0.25) is 0 Å². The second-order valence-electron chi connectivity index (χ2n) is 5.63. The summed E-state index contributed by atoms with van der Waals surface area (Å²) in [5.74, 6) is 0.840. The number of rotatable bonds is 6. The van der Waals surface area contributed by atoms with Crippen molar-refractivity contribution in [3.63, 3.8) is 0 Å². The number of aromatic nitrogens is 2. The van der Waals surface area contributed by atoms with Gasteiger partial charge in [0, 0.05) is 24.9 Å². The zero-order chi connectivity index (χ0) is 15.4. The van der Waals surface area contributed by atoms with Gasteiger partial charge in [0.15, 0.2) is 5.88 Å². The van der Waals surface area contributed by atoms with Crippen LogP contribution in [0.25, 0.3) is 5.65 Å². The third kappa shape index (κ3) is 3.28. The fourth-order valence-corrected chi connectivity index (χ4v) is 2.42. The molecule has 4 heteroatoms. The molecule has 2 heterocycles. The molecule has 0 N–H and O–H groups in total. The van der Waals surface area contributed by atoms with Crippen LogP contribution < -0.4 is 4.74 Å². The van der Waals surface area contributed by atoms with Crippen LogP contribution in [-0.4, -0.2) is 34.9 Å². The number of pyridine rings is 1. The molecule has 3 aromatic rings. The molecule has 0 saturated heterocycles. The number of nitrogens with zero attached hydrogens (tertiary/aromatic N) is 3. The van der Waals surface area contributed by atoms with Crippen molar-refractivity contribution < 1.29 is 4.74 Å². The van der Waals surface area contributed by atoms with E-state index in [1.165, 1.54) is 5.69 Å². The van der Waals surface area contributed by atoms with E-state index >= 15 is 0 Å². The average Bonchev–Trinajstić information content (AvgIpc) is 2.96. The van der Waals surface area contributed by atoms with Gasteiger partial charge in [-0.2, -0.15) is 0 Å². The highest BCUT2D eigenvalue weighted by atomic mass is 16.5. The minimum Gasteiger partial charge on any atom is -0.474 e. The summed E-state index contributed by atoms with van der Waals surface area (Å²) in [4.78, 5) is 6.65. The Bertz CT molecular complexity index is 734. The Morgan fingerprint density at radius 1 is 1.05 bits per heavy atom. The van der Waals surface area contributed by atoms with Crippen molar-refractivity contribution in [1.29, 1.82) is 0 Å². The van der Waals surface area contributed by atoms with E-state index in [0.29, 0.717) is 6.61 Å². The van der Waals surface area contributed by atoms with Crippen molar-refractivity contribution in [1.82, 2.24) is 14.3 Å². The largest absolute Gasteiger partial charge is 0.474 e. The standard InChI is InChI=1S/C18H21N3O/c1-20(2)12-11-16-13-19-17-9-6-10-18(21(16)17)22-14-15-7-4-3-5-8-15/h3-10,13H,11-12,14H2,1-2H3. The van der Waals surface area contributed by atoms with Crippen LogP contribution in [0, 0.1) is 0 Å². The van der Waals surface area contributed by atoms with Crippen LogP contribution >= 0.6 is 0 Å². The highest BCUT2D eigenvalue weighted by molar-refractivity contribution is 5.44. The van der Waals surface area contributed by atoms with Crippen molar-refractivity contribution in [3.8, 4) is 5.88 Å².